The number of nitrogen functional groups attached to an aromatic ring is 1. The van der Waals surface area contributed by atoms with Crippen LogP contribution in [-0.4, -0.2) is 17.1 Å². The van der Waals surface area contributed by atoms with Crippen LogP contribution < -0.4 is 5.73 Å². The van der Waals surface area contributed by atoms with Crippen molar-refractivity contribution in [2.24, 2.45) is 0 Å². The molecule has 4 nitrogen and oxygen atoms in total. The molecule has 1 rings (SSSR count). The maximum Gasteiger partial charge on any atom is 0.159 e. The molecule has 0 radical (unpaired) electrons. The number of nitrogens with zero attached hydrogens (tertiary/aromatic N) is 2. The summed E-state index contributed by atoms with van der Waals surface area (Å²) in [7, 11) is 1.63. The third-order valence-electron chi connectivity index (χ3n) is 2.09. The minimum Gasteiger partial charge on any atom is -0.384 e. The van der Waals surface area contributed by atoms with E-state index in [9.17, 15) is 0 Å². The van der Waals surface area contributed by atoms with Gasteiger partial charge in [-0.1, -0.05) is 13.8 Å². The Balaban J connectivity index is 3.07. The number of nitrogens with two attached hydrogens (primary N) is 1. The summed E-state index contributed by atoms with van der Waals surface area (Å²) in [4.78, 5) is 8.52. The number of methoxy groups -OCH3 is 1. The van der Waals surface area contributed by atoms with E-state index in [0.717, 1.165) is 5.69 Å². The molecule has 0 bridgehead atoms. The molecule has 2 N–H and O–H groups in total. The standard InChI is InChI=1S/C10H17N3O/c1-6(2)8-5-9(11)13-10(12-8)7(3)14-4/h5-7H,1-4H3,(H2,11,12,13). The summed E-state index contributed by atoms with van der Waals surface area (Å²) in [5.74, 6) is 1.50. The highest BCUT2D eigenvalue weighted by atomic mass is 16.5. The van der Waals surface area contributed by atoms with Crippen molar-refractivity contribution in [3.05, 3.63) is 17.6 Å². The zero-order valence-electron chi connectivity index (χ0n) is 9.11. The third kappa shape index (κ3) is 2.42. The van der Waals surface area contributed by atoms with E-state index in [4.69, 9.17) is 10.5 Å². The van der Waals surface area contributed by atoms with Gasteiger partial charge >= 0.3 is 0 Å². The Morgan fingerprint density at radius 2 is 1.93 bits per heavy atom. The molecule has 1 unspecified atom stereocenters. The van der Waals surface area contributed by atoms with Gasteiger partial charge in [-0.2, -0.15) is 0 Å². The summed E-state index contributed by atoms with van der Waals surface area (Å²) in [5.41, 5.74) is 6.64. The van der Waals surface area contributed by atoms with E-state index in [1.807, 2.05) is 6.92 Å². The molecular weight excluding hydrogens is 178 g/mol. The smallest absolute Gasteiger partial charge is 0.159 e. The Hall–Kier alpha value is -1.16. The molecule has 0 aliphatic carbocycles. The molecule has 0 saturated heterocycles. The number of aromatic nitrogens is 2. The first-order chi connectivity index (χ1) is 6.54. The first-order valence-electron chi connectivity index (χ1n) is 4.71. The summed E-state index contributed by atoms with van der Waals surface area (Å²) in [5, 5.41) is 0. The molecule has 0 aromatic carbocycles. The van der Waals surface area contributed by atoms with Crippen molar-refractivity contribution in [2.45, 2.75) is 32.8 Å². The summed E-state index contributed by atoms with van der Waals surface area (Å²) >= 11 is 0. The monoisotopic (exact) mass is 195 g/mol. The molecule has 0 spiro atoms. The van der Waals surface area contributed by atoms with Crippen molar-refractivity contribution in [3.8, 4) is 0 Å². The van der Waals surface area contributed by atoms with Crippen molar-refractivity contribution in [1.82, 2.24) is 9.97 Å². The van der Waals surface area contributed by atoms with Crippen LogP contribution in [0.5, 0.6) is 0 Å². The van der Waals surface area contributed by atoms with Crippen molar-refractivity contribution in [1.29, 1.82) is 0 Å². The average Bonchev–Trinajstić information content (AvgIpc) is 2.15. The molecule has 78 valence electrons. The lowest BCUT2D eigenvalue weighted by Crippen LogP contribution is -2.08. The average molecular weight is 195 g/mol. The number of hydrogen-bond donors (Lipinski definition) is 1. The van der Waals surface area contributed by atoms with Crippen LogP contribution in [0.15, 0.2) is 6.07 Å². The lowest BCUT2D eigenvalue weighted by atomic mass is 10.1. The molecule has 14 heavy (non-hydrogen) atoms. The Morgan fingerprint density at radius 3 is 2.43 bits per heavy atom. The highest BCUT2D eigenvalue weighted by Gasteiger charge is 2.11. The summed E-state index contributed by atoms with van der Waals surface area (Å²) in [6.45, 7) is 6.05. The molecule has 0 amide bonds. The van der Waals surface area contributed by atoms with Crippen LogP contribution in [0.2, 0.25) is 0 Å². The second-order valence-corrected chi connectivity index (χ2v) is 3.61. The minimum atomic E-state index is -0.115. The molecule has 0 fully saturated rings. The van der Waals surface area contributed by atoms with Crippen molar-refractivity contribution < 1.29 is 4.74 Å². The topological polar surface area (TPSA) is 61.0 Å². The molecule has 1 atom stereocenters. The molecule has 0 aliphatic rings. The van der Waals surface area contributed by atoms with E-state index in [1.165, 1.54) is 0 Å². The Bertz CT molecular complexity index is 312. The SMILES string of the molecule is COC(C)c1nc(N)cc(C(C)C)n1. The van der Waals surface area contributed by atoms with Gasteiger partial charge < -0.3 is 10.5 Å². The zero-order chi connectivity index (χ0) is 10.7. The van der Waals surface area contributed by atoms with Crippen LogP contribution in [0.4, 0.5) is 5.82 Å². The second-order valence-electron chi connectivity index (χ2n) is 3.61. The molecule has 4 heteroatoms. The number of hydrogen-bond acceptors (Lipinski definition) is 4. The van der Waals surface area contributed by atoms with E-state index in [-0.39, 0.29) is 6.10 Å². The highest BCUT2D eigenvalue weighted by molar-refractivity contribution is 5.31. The number of rotatable bonds is 3. The van der Waals surface area contributed by atoms with E-state index >= 15 is 0 Å². The van der Waals surface area contributed by atoms with Gasteiger partial charge in [0, 0.05) is 18.9 Å². The molecule has 1 heterocycles. The highest BCUT2D eigenvalue weighted by Crippen LogP contribution is 2.18. The van der Waals surface area contributed by atoms with Gasteiger partial charge in [-0.25, -0.2) is 9.97 Å². The molecular formula is C10H17N3O. The van der Waals surface area contributed by atoms with Gasteiger partial charge in [0.05, 0.1) is 0 Å². The molecule has 0 aliphatic heterocycles. The van der Waals surface area contributed by atoms with E-state index in [2.05, 4.69) is 23.8 Å². The summed E-state index contributed by atoms with van der Waals surface area (Å²) in [6, 6.07) is 1.80. The van der Waals surface area contributed by atoms with E-state index in [0.29, 0.717) is 17.6 Å². The predicted octanol–water partition coefficient (Wildman–Crippen LogP) is 1.89. The molecule has 0 saturated carbocycles. The third-order valence-corrected chi connectivity index (χ3v) is 2.09. The normalized spacial score (nSPS) is 13.2. The van der Waals surface area contributed by atoms with Gasteiger partial charge in [0.2, 0.25) is 0 Å². The van der Waals surface area contributed by atoms with Crippen molar-refractivity contribution in [3.63, 3.8) is 0 Å². The second kappa shape index (κ2) is 4.37. The van der Waals surface area contributed by atoms with Gasteiger partial charge in [0.25, 0.3) is 0 Å². The first-order valence-corrected chi connectivity index (χ1v) is 4.71. The van der Waals surface area contributed by atoms with Crippen LogP contribution in [-0.2, 0) is 4.74 Å². The van der Waals surface area contributed by atoms with Crippen molar-refractivity contribution in [2.75, 3.05) is 12.8 Å². The van der Waals surface area contributed by atoms with Gasteiger partial charge in [-0.05, 0) is 12.8 Å². The van der Waals surface area contributed by atoms with E-state index in [1.54, 1.807) is 13.2 Å². The number of anilines is 1. The predicted molar refractivity (Wildman–Crippen MR) is 56.0 cm³/mol. The minimum absolute atomic E-state index is 0.115. The van der Waals surface area contributed by atoms with Crippen molar-refractivity contribution >= 4 is 5.82 Å². The van der Waals surface area contributed by atoms with Crippen LogP contribution in [0, 0.1) is 0 Å². The summed E-state index contributed by atoms with van der Waals surface area (Å²) < 4.78 is 5.15. The van der Waals surface area contributed by atoms with Crippen LogP contribution in [0.1, 0.15) is 44.3 Å². The van der Waals surface area contributed by atoms with Gasteiger partial charge in [-0.3, -0.25) is 0 Å². The largest absolute Gasteiger partial charge is 0.384 e. The Morgan fingerprint density at radius 1 is 1.29 bits per heavy atom. The maximum absolute atomic E-state index is 5.68. The fourth-order valence-electron chi connectivity index (χ4n) is 1.09. The molecule has 1 aromatic heterocycles. The maximum atomic E-state index is 5.68. The van der Waals surface area contributed by atoms with Gasteiger partial charge in [-0.15, -0.1) is 0 Å². The Kier molecular flexibility index (Phi) is 3.41. The van der Waals surface area contributed by atoms with Gasteiger partial charge in [0.1, 0.15) is 11.9 Å². The number of ether oxygens (including phenoxy) is 1. The first kappa shape index (κ1) is 10.9. The van der Waals surface area contributed by atoms with Crippen LogP contribution in [0.25, 0.3) is 0 Å². The van der Waals surface area contributed by atoms with E-state index < -0.39 is 0 Å². The summed E-state index contributed by atoms with van der Waals surface area (Å²) in [6.07, 6.45) is -0.115. The lowest BCUT2D eigenvalue weighted by molar-refractivity contribution is 0.112. The molecule has 1 aromatic rings. The zero-order valence-corrected chi connectivity index (χ0v) is 9.11. The van der Waals surface area contributed by atoms with Crippen LogP contribution in [0.3, 0.4) is 0 Å². The Labute approximate surface area is 84.5 Å². The quantitative estimate of drug-likeness (QED) is 0.800. The van der Waals surface area contributed by atoms with Gasteiger partial charge in [0.15, 0.2) is 5.82 Å². The fraction of sp³-hybridized carbons (Fsp3) is 0.600. The fourth-order valence-corrected chi connectivity index (χ4v) is 1.09. The lowest BCUT2D eigenvalue weighted by Gasteiger charge is -2.11. The van der Waals surface area contributed by atoms with Crippen LogP contribution >= 0.6 is 0 Å².